The first-order valence-corrected chi connectivity index (χ1v) is 11.8. The van der Waals surface area contributed by atoms with Gasteiger partial charge in [0, 0.05) is 19.8 Å². The average Bonchev–Trinajstić information content (AvgIpc) is 2.95. The van der Waals surface area contributed by atoms with E-state index in [2.05, 4.69) is 4.40 Å². The maximum atomic E-state index is 13.5. The number of nitrogens with zero attached hydrogens (tertiary/aromatic N) is 5. The number of hydrogen-bond acceptors (Lipinski definition) is 5. The van der Waals surface area contributed by atoms with Gasteiger partial charge < -0.3 is 9.80 Å². The topological polar surface area (TPSA) is 97.1 Å². The predicted molar refractivity (Wildman–Crippen MR) is 129 cm³/mol. The van der Waals surface area contributed by atoms with Crippen LogP contribution in [0.15, 0.2) is 51.8 Å². The van der Waals surface area contributed by atoms with Gasteiger partial charge in [-0.05, 0) is 62.5 Å². The van der Waals surface area contributed by atoms with Crippen LogP contribution < -0.4 is 9.80 Å². The summed E-state index contributed by atoms with van der Waals surface area (Å²) in [6.45, 7) is 3.03. The van der Waals surface area contributed by atoms with Gasteiger partial charge in [0.15, 0.2) is 5.11 Å². The number of nitriles is 1. The highest BCUT2D eigenvalue weighted by Crippen LogP contribution is 2.40. The molecule has 0 N–H and O–H groups in total. The van der Waals surface area contributed by atoms with Crippen molar-refractivity contribution in [3.8, 4) is 6.07 Å². The van der Waals surface area contributed by atoms with Crippen molar-refractivity contribution in [1.29, 1.82) is 5.26 Å². The minimum absolute atomic E-state index is 0.149. The minimum atomic E-state index is -4.82. The maximum absolute atomic E-state index is 13.5. The molecule has 8 nitrogen and oxygen atoms in total. The van der Waals surface area contributed by atoms with Gasteiger partial charge in [-0.3, -0.25) is 9.69 Å². The molecule has 1 aliphatic rings. The number of anilines is 2. The van der Waals surface area contributed by atoms with Gasteiger partial charge in [-0.2, -0.15) is 26.9 Å². The summed E-state index contributed by atoms with van der Waals surface area (Å²) >= 11 is 5.47. The Bertz CT molecular complexity index is 1380. The number of rotatable bonds is 5. The summed E-state index contributed by atoms with van der Waals surface area (Å²) in [5.74, 6) is -0.626. The Morgan fingerprint density at radius 1 is 1.14 bits per heavy atom. The van der Waals surface area contributed by atoms with Crippen LogP contribution in [0, 0.1) is 11.3 Å². The molecule has 0 radical (unpaired) electrons. The van der Waals surface area contributed by atoms with Crippen LogP contribution in [0.3, 0.4) is 0 Å². The third kappa shape index (κ3) is 4.85. The average molecular weight is 524 g/mol. The summed E-state index contributed by atoms with van der Waals surface area (Å²) in [6, 6.07) is 9.95. The van der Waals surface area contributed by atoms with Crippen molar-refractivity contribution in [2.24, 2.45) is 4.40 Å². The van der Waals surface area contributed by atoms with Gasteiger partial charge in [-0.15, -0.1) is 4.40 Å². The molecule has 1 aliphatic heterocycles. The Balaban J connectivity index is 2.10. The van der Waals surface area contributed by atoms with Crippen LogP contribution in [-0.2, 0) is 21.0 Å². The maximum Gasteiger partial charge on any atom is 0.417 e. The van der Waals surface area contributed by atoms with Crippen molar-refractivity contribution in [1.82, 2.24) is 4.90 Å². The minimum Gasteiger partial charge on any atom is -0.368 e. The summed E-state index contributed by atoms with van der Waals surface area (Å²) in [7, 11) is -0.857. The number of carbonyl (C=O) groups excluding carboxylic acids is 1. The van der Waals surface area contributed by atoms with Crippen LogP contribution in [0.2, 0.25) is 0 Å². The summed E-state index contributed by atoms with van der Waals surface area (Å²) in [6.07, 6.45) is -3.70. The fourth-order valence-corrected chi connectivity index (χ4v) is 4.94. The number of sulfonamides is 1. The highest BCUT2D eigenvalue weighted by Gasteiger charge is 2.50. The van der Waals surface area contributed by atoms with E-state index in [1.165, 1.54) is 60.0 Å². The molecule has 3 rings (SSSR count). The fourth-order valence-electron chi connectivity index (χ4n) is 3.46. The first-order valence-electron chi connectivity index (χ1n) is 9.98. The summed E-state index contributed by atoms with van der Waals surface area (Å²) in [5, 5.41) is 8.90. The van der Waals surface area contributed by atoms with Crippen molar-refractivity contribution in [3.63, 3.8) is 0 Å². The van der Waals surface area contributed by atoms with Gasteiger partial charge >= 0.3 is 6.18 Å². The van der Waals surface area contributed by atoms with Crippen molar-refractivity contribution >= 4 is 51.0 Å². The molecule has 1 amide bonds. The zero-order valence-corrected chi connectivity index (χ0v) is 20.7. The van der Waals surface area contributed by atoms with Gasteiger partial charge in [-0.1, -0.05) is 6.07 Å². The van der Waals surface area contributed by atoms with E-state index >= 15 is 0 Å². The van der Waals surface area contributed by atoms with E-state index < -0.39 is 38.8 Å². The highest BCUT2D eigenvalue weighted by molar-refractivity contribution is 7.90. The molecule has 0 unspecified atom stereocenters. The Hall–Kier alpha value is -3.50. The van der Waals surface area contributed by atoms with E-state index in [1.807, 2.05) is 0 Å². The van der Waals surface area contributed by atoms with Crippen molar-refractivity contribution in [3.05, 3.63) is 53.6 Å². The third-order valence-electron chi connectivity index (χ3n) is 5.15. The molecular formula is C22H20F3N5O3S2. The van der Waals surface area contributed by atoms with E-state index in [0.29, 0.717) is 6.07 Å². The largest absolute Gasteiger partial charge is 0.417 e. The molecule has 0 bridgehead atoms. The Kier molecular flexibility index (Phi) is 6.67. The lowest BCUT2D eigenvalue weighted by Gasteiger charge is -2.29. The SMILES string of the molecule is CN(C)/C=N/S(=O)(=O)c1cccc(N2C(=S)N(c3ccc(C#N)c(C(F)(F)F)c3)C(=O)C2(C)C)c1. The van der Waals surface area contributed by atoms with Crippen LogP contribution in [0.4, 0.5) is 24.5 Å². The van der Waals surface area contributed by atoms with Crippen molar-refractivity contribution < 1.29 is 26.4 Å². The van der Waals surface area contributed by atoms with Crippen LogP contribution in [0.25, 0.3) is 0 Å². The molecule has 2 aromatic rings. The molecule has 2 aromatic carbocycles. The van der Waals surface area contributed by atoms with Crippen LogP contribution in [-0.4, -0.2) is 50.3 Å². The van der Waals surface area contributed by atoms with Crippen molar-refractivity contribution in [2.75, 3.05) is 23.9 Å². The van der Waals surface area contributed by atoms with Gasteiger partial charge in [0.05, 0.1) is 27.8 Å². The number of amides is 1. The van der Waals surface area contributed by atoms with Crippen LogP contribution in [0.5, 0.6) is 0 Å². The van der Waals surface area contributed by atoms with E-state index in [4.69, 9.17) is 17.5 Å². The second-order valence-electron chi connectivity index (χ2n) is 8.31. The number of halogens is 3. The van der Waals surface area contributed by atoms with Gasteiger partial charge in [0.2, 0.25) is 0 Å². The fraction of sp³-hybridized carbons (Fsp3) is 0.273. The van der Waals surface area contributed by atoms with Gasteiger partial charge in [0.1, 0.15) is 11.9 Å². The lowest BCUT2D eigenvalue weighted by Crippen LogP contribution is -2.44. The predicted octanol–water partition coefficient (Wildman–Crippen LogP) is 3.77. The molecule has 184 valence electrons. The van der Waals surface area contributed by atoms with E-state index in [0.717, 1.165) is 17.3 Å². The zero-order valence-electron chi connectivity index (χ0n) is 19.0. The number of benzene rings is 2. The number of hydrogen-bond donors (Lipinski definition) is 0. The summed E-state index contributed by atoms with van der Waals surface area (Å²) in [4.78, 5) is 16.9. The summed E-state index contributed by atoms with van der Waals surface area (Å²) < 4.78 is 69.3. The molecule has 13 heteroatoms. The molecule has 0 saturated carbocycles. The van der Waals surface area contributed by atoms with Gasteiger partial charge in [-0.25, -0.2) is 0 Å². The molecule has 0 atom stereocenters. The molecule has 1 heterocycles. The molecule has 1 saturated heterocycles. The number of carbonyl (C=O) groups is 1. The van der Waals surface area contributed by atoms with Crippen LogP contribution in [0.1, 0.15) is 25.0 Å². The molecule has 0 spiro atoms. The molecular weight excluding hydrogens is 503 g/mol. The molecule has 1 fully saturated rings. The standard InChI is InChI=1S/C22H20F3N5O3S2/c1-21(2)19(31)29(15-9-8-14(12-26)18(11-15)22(23,24)25)20(34)30(21)16-6-5-7-17(10-16)35(32,33)27-13-28(3)4/h5-11,13H,1-4H3/b27-13+. The first-order chi connectivity index (χ1) is 16.1. The van der Waals surface area contributed by atoms with Crippen molar-refractivity contribution in [2.45, 2.75) is 30.5 Å². The first kappa shape index (κ1) is 26.1. The second-order valence-corrected chi connectivity index (χ2v) is 10.3. The second kappa shape index (κ2) is 8.94. The Morgan fingerprint density at radius 2 is 1.80 bits per heavy atom. The Labute approximate surface area is 205 Å². The monoisotopic (exact) mass is 523 g/mol. The smallest absolute Gasteiger partial charge is 0.368 e. The normalized spacial score (nSPS) is 16.2. The quantitative estimate of drug-likeness (QED) is 0.334. The van der Waals surface area contributed by atoms with E-state index in [1.54, 1.807) is 14.1 Å². The Morgan fingerprint density at radius 3 is 2.37 bits per heavy atom. The zero-order chi connectivity index (χ0) is 26.3. The number of alkyl halides is 3. The lowest BCUT2D eigenvalue weighted by molar-refractivity contribution is -0.137. The summed E-state index contributed by atoms with van der Waals surface area (Å²) in [5.41, 5.74) is -3.08. The molecule has 35 heavy (non-hydrogen) atoms. The van der Waals surface area contributed by atoms with E-state index in [9.17, 15) is 26.4 Å². The van der Waals surface area contributed by atoms with Crippen LogP contribution >= 0.6 is 12.2 Å². The molecule has 0 aromatic heterocycles. The highest BCUT2D eigenvalue weighted by atomic mass is 32.2. The molecule has 0 aliphatic carbocycles. The van der Waals surface area contributed by atoms with Gasteiger partial charge in [0.25, 0.3) is 15.9 Å². The number of thiocarbonyl (C=S) groups is 1. The lowest BCUT2D eigenvalue weighted by atomic mass is 10.0. The third-order valence-corrected chi connectivity index (χ3v) is 6.73. The van der Waals surface area contributed by atoms with E-state index in [-0.39, 0.29) is 21.4 Å².